The van der Waals surface area contributed by atoms with Crippen LogP contribution in [0.15, 0.2) is 53.4 Å². The number of anilines is 1. The highest BCUT2D eigenvalue weighted by molar-refractivity contribution is 7.89. The molecule has 1 amide bonds. The molecule has 150 valence electrons. The number of aryl methyl sites for hydroxylation is 1. The quantitative estimate of drug-likeness (QED) is 0.615. The van der Waals surface area contributed by atoms with Crippen molar-refractivity contribution in [1.82, 2.24) is 4.72 Å². The number of esters is 1. The molecule has 0 saturated heterocycles. The van der Waals surface area contributed by atoms with Gasteiger partial charge in [0.05, 0.1) is 11.5 Å². The number of carbonyl (C=O) groups is 2. The van der Waals surface area contributed by atoms with Crippen molar-refractivity contribution in [3.05, 3.63) is 54.1 Å². The Balaban J connectivity index is 1.79. The van der Waals surface area contributed by atoms with Crippen LogP contribution in [0, 0.1) is 6.92 Å². The molecular formula is C19H22N2O6S. The number of ether oxygens (including phenoxy) is 2. The van der Waals surface area contributed by atoms with E-state index in [1.54, 1.807) is 12.1 Å². The zero-order valence-corrected chi connectivity index (χ0v) is 16.4. The van der Waals surface area contributed by atoms with Crippen molar-refractivity contribution in [2.24, 2.45) is 0 Å². The summed E-state index contributed by atoms with van der Waals surface area (Å²) in [7, 11) is -3.89. The van der Waals surface area contributed by atoms with Gasteiger partial charge in [-0.1, -0.05) is 17.7 Å². The van der Waals surface area contributed by atoms with Crippen LogP contribution in [0.5, 0.6) is 5.75 Å². The van der Waals surface area contributed by atoms with Crippen LogP contribution in [0.25, 0.3) is 0 Å². The zero-order chi connectivity index (χ0) is 20.6. The number of sulfonamides is 1. The van der Waals surface area contributed by atoms with Gasteiger partial charge in [0, 0.05) is 5.69 Å². The second-order valence-electron chi connectivity index (χ2n) is 5.80. The van der Waals surface area contributed by atoms with Gasteiger partial charge in [-0.05, 0) is 50.2 Å². The Kier molecular flexibility index (Phi) is 7.53. The second-order valence-corrected chi connectivity index (χ2v) is 7.57. The van der Waals surface area contributed by atoms with Crippen molar-refractivity contribution in [3.63, 3.8) is 0 Å². The molecule has 2 aromatic rings. The molecule has 0 saturated carbocycles. The fourth-order valence-corrected chi connectivity index (χ4v) is 3.12. The molecule has 0 fully saturated rings. The number of benzene rings is 2. The molecule has 0 aliphatic carbocycles. The maximum Gasteiger partial charge on any atom is 0.321 e. The Labute approximate surface area is 163 Å². The Morgan fingerprint density at radius 1 is 1.00 bits per heavy atom. The summed E-state index contributed by atoms with van der Waals surface area (Å²) in [5.41, 5.74) is 1.62. The third-order valence-electron chi connectivity index (χ3n) is 3.55. The molecule has 0 bridgehead atoms. The van der Waals surface area contributed by atoms with Gasteiger partial charge in [0.25, 0.3) is 5.91 Å². The van der Waals surface area contributed by atoms with Crippen LogP contribution in [0.2, 0.25) is 0 Å². The predicted octanol–water partition coefficient (Wildman–Crippen LogP) is 1.85. The van der Waals surface area contributed by atoms with Crippen molar-refractivity contribution >= 4 is 27.6 Å². The van der Waals surface area contributed by atoms with Crippen molar-refractivity contribution in [2.45, 2.75) is 18.7 Å². The molecule has 2 N–H and O–H groups in total. The van der Waals surface area contributed by atoms with E-state index in [9.17, 15) is 18.0 Å². The van der Waals surface area contributed by atoms with Crippen molar-refractivity contribution < 1.29 is 27.5 Å². The van der Waals surface area contributed by atoms with E-state index < -0.39 is 35.1 Å². The first kappa shape index (κ1) is 21.4. The normalized spacial score (nSPS) is 10.9. The third-order valence-corrected chi connectivity index (χ3v) is 4.97. The number of rotatable bonds is 9. The number of carbonyl (C=O) groups excluding carboxylic acids is 2. The van der Waals surface area contributed by atoms with E-state index in [0.29, 0.717) is 18.0 Å². The standard InChI is InChI=1S/C19H22N2O6S/c1-3-26-16-8-10-17(11-9-16)28(24,25)20-12-19(23)27-13-18(22)21-15-6-4-14(2)5-7-15/h4-11,20H,3,12-13H2,1-2H3,(H,21,22). The highest BCUT2D eigenvalue weighted by Gasteiger charge is 2.17. The molecular weight excluding hydrogens is 384 g/mol. The molecule has 2 rings (SSSR count). The summed E-state index contributed by atoms with van der Waals surface area (Å²) < 4.78 is 36.5. The number of hydrogen-bond donors (Lipinski definition) is 2. The molecule has 2 aromatic carbocycles. The molecule has 9 heteroatoms. The van der Waals surface area contributed by atoms with Gasteiger partial charge in [0.2, 0.25) is 10.0 Å². The smallest absolute Gasteiger partial charge is 0.321 e. The third kappa shape index (κ3) is 6.67. The van der Waals surface area contributed by atoms with Crippen LogP contribution in [0.4, 0.5) is 5.69 Å². The molecule has 8 nitrogen and oxygen atoms in total. The van der Waals surface area contributed by atoms with E-state index in [2.05, 4.69) is 10.0 Å². The highest BCUT2D eigenvalue weighted by atomic mass is 32.2. The molecule has 0 aromatic heterocycles. The maximum atomic E-state index is 12.2. The predicted molar refractivity (Wildman–Crippen MR) is 104 cm³/mol. The molecule has 0 atom stereocenters. The lowest BCUT2D eigenvalue weighted by atomic mass is 10.2. The largest absolute Gasteiger partial charge is 0.494 e. The SMILES string of the molecule is CCOc1ccc(S(=O)(=O)NCC(=O)OCC(=O)Nc2ccc(C)cc2)cc1. The first-order chi connectivity index (χ1) is 13.3. The van der Waals surface area contributed by atoms with Crippen LogP contribution >= 0.6 is 0 Å². The average molecular weight is 406 g/mol. The Morgan fingerprint density at radius 3 is 2.25 bits per heavy atom. The van der Waals surface area contributed by atoms with Crippen LogP contribution in [-0.2, 0) is 24.3 Å². The minimum absolute atomic E-state index is 0.0131. The molecule has 0 radical (unpaired) electrons. The molecule has 0 spiro atoms. The molecule has 28 heavy (non-hydrogen) atoms. The van der Waals surface area contributed by atoms with E-state index in [1.807, 2.05) is 26.0 Å². The number of nitrogens with one attached hydrogen (secondary N) is 2. The summed E-state index contributed by atoms with van der Waals surface area (Å²) in [5, 5.41) is 2.57. The Hall–Kier alpha value is -2.91. The topological polar surface area (TPSA) is 111 Å². The average Bonchev–Trinajstić information content (AvgIpc) is 2.67. The summed E-state index contributed by atoms with van der Waals surface area (Å²) in [4.78, 5) is 23.5. The van der Waals surface area contributed by atoms with Crippen molar-refractivity contribution in [2.75, 3.05) is 25.1 Å². The molecule has 0 aliphatic rings. The Bertz CT molecular complexity index is 908. The van der Waals surface area contributed by atoms with Gasteiger partial charge in [-0.2, -0.15) is 4.72 Å². The fourth-order valence-electron chi connectivity index (χ4n) is 2.15. The van der Waals surface area contributed by atoms with Gasteiger partial charge >= 0.3 is 5.97 Å². The first-order valence-electron chi connectivity index (χ1n) is 8.55. The van der Waals surface area contributed by atoms with Gasteiger partial charge in [0.15, 0.2) is 6.61 Å². The maximum absolute atomic E-state index is 12.2. The lowest BCUT2D eigenvalue weighted by molar-refractivity contribution is -0.146. The van der Waals surface area contributed by atoms with Gasteiger partial charge in [0.1, 0.15) is 12.3 Å². The van der Waals surface area contributed by atoms with Crippen molar-refractivity contribution in [3.8, 4) is 5.75 Å². The van der Waals surface area contributed by atoms with E-state index in [4.69, 9.17) is 9.47 Å². The number of hydrogen-bond acceptors (Lipinski definition) is 6. The van der Waals surface area contributed by atoms with Crippen LogP contribution < -0.4 is 14.8 Å². The zero-order valence-electron chi connectivity index (χ0n) is 15.6. The molecule has 0 unspecified atom stereocenters. The van der Waals surface area contributed by atoms with E-state index in [0.717, 1.165) is 5.56 Å². The van der Waals surface area contributed by atoms with E-state index >= 15 is 0 Å². The lowest BCUT2D eigenvalue weighted by Gasteiger charge is -2.09. The van der Waals surface area contributed by atoms with Crippen LogP contribution in [-0.4, -0.2) is 40.1 Å². The summed E-state index contributed by atoms with van der Waals surface area (Å²) in [6.07, 6.45) is 0. The fraction of sp³-hybridized carbons (Fsp3) is 0.263. The van der Waals surface area contributed by atoms with Gasteiger partial charge in [-0.15, -0.1) is 0 Å². The Morgan fingerprint density at radius 2 is 1.64 bits per heavy atom. The van der Waals surface area contributed by atoms with E-state index in [-0.39, 0.29) is 4.90 Å². The van der Waals surface area contributed by atoms with Crippen LogP contribution in [0.1, 0.15) is 12.5 Å². The summed E-state index contributed by atoms with van der Waals surface area (Å²) >= 11 is 0. The molecule has 0 heterocycles. The summed E-state index contributed by atoms with van der Waals surface area (Å²) in [6.45, 7) is 3.10. The van der Waals surface area contributed by atoms with Crippen LogP contribution in [0.3, 0.4) is 0 Å². The van der Waals surface area contributed by atoms with Crippen molar-refractivity contribution in [1.29, 1.82) is 0 Å². The first-order valence-corrected chi connectivity index (χ1v) is 10.0. The van der Waals surface area contributed by atoms with E-state index in [1.165, 1.54) is 24.3 Å². The summed E-state index contributed by atoms with van der Waals surface area (Å²) in [6, 6.07) is 12.9. The minimum Gasteiger partial charge on any atom is -0.494 e. The van der Waals surface area contributed by atoms with Gasteiger partial charge < -0.3 is 14.8 Å². The second kappa shape index (κ2) is 9.86. The lowest BCUT2D eigenvalue weighted by Crippen LogP contribution is -2.32. The summed E-state index contributed by atoms with van der Waals surface area (Å²) in [5.74, 6) is -0.847. The number of amides is 1. The monoisotopic (exact) mass is 406 g/mol. The highest BCUT2D eigenvalue weighted by Crippen LogP contribution is 2.15. The van der Waals surface area contributed by atoms with Gasteiger partial charge in [-0.3, -0.25) is 9.59 Å². The van der Waals surface area contributed by atoms with Gasteiger partial charge in [-0.25, -0.2) is 8.42 Å². The molecule has 0 aliphatic heterocycles. The minimum atomic E-state index is -3.89.